The molecule has 7 heteroatoms. The van der Waals surface area contributed by atoms with Crippen LogP contribution in [0.4, 0.5) is 0 Å². The van der Waals surface area contributed by atoms with Gasteiger partial charge in [-0.3, -0.25) is 4.79 Å². The van der Waals surface area contributed by atoms with Gasteiger partial charge >= 0.3 is 5.97 Å². The highest BCUT2D eigenvalue weighted by atomic mass is 35.5. The van der Waals surface area contributed by atoms with E-state index >= 15 is 0 Å². The van der Waals surface area contributed by atoms with Crippen LogP contribution in [-0.2, 0) is 20.7 Å². The van der Waals surface area contributed by atoms with E-state index in [0.29, 0.717) is 30.0 Å². The van der Waals surface area contributed by atoms with Gasteiger partial charge in [0.15, 0.2) is 0 Å². The van der Waals surface area contributed by atoms with E-state index in [1.165, 1.54) is 17.9 Å². The van der Waals surface area contributed by atoms with Crippen molar-refractivity contribution in [3.05, 3.63) is 75.7 Å². The lowest BCUT2D eigenvalue weighted by Crippen LogP contribution is -2.43. The summed E-state index contributed by atoms with van der Waals surface area (Å²) in [5.41, 5.74) is 1.46. The van der Waals surface area contributed by atoms with Gasteiger partial charge < -0.3 is 14.2 Å². The maximum absolute atomic E-state index is 12.9. The van der Waals surface area contributed by atoms with Gasteiger partial charge in [-0.1, -0.05) is 42.3 Å². The Hall–Kier alpha value is -2.50. The first-order valence-corrected chi connectivity index (χ1v) is 11.0. The van der Waals surface area contributed by atoms with Gasteiger partial charge in [0, 0.05) is 11.4 Å². The number of ketones is 1. The van der Waals surface area contributed by atoms with Crippen molar-refractivity contribution in [1.29, 1.82) is 0 Å². The van der Waals surface area contributed by atoms with Crippen molar-refractivity contribution >= 4 is 35.0 Å². The van der Waals surface area contributed by atoms with E-state index in [0.717, 1.165) is 6.42 Å². The summed E-state index contributed by atoms with van der Waals surface area (Å²) in [7, 11) is 0. The van der Waals surface area contributed by atoms with Crippen LogP contribution in [-0.4, -0.2) is 24.0 Å². The van der Waals surface area contributed by atoms with Gasteiger partial charge in [-0.2, -0.15) is 0 Å². The largest absolute Gasteiger partial charge is 0.493 e. The first-order chi connectivity index (χ1) is 14.9. The molecule has 0 bridgehead atoms. The van der Waals surface area contributed by atoms with Gasteiger partial charge in [0.2, 0.25) is 11.5 Å². The van der Waals surface area contributed by atoms with Gasteiger partial charge in [-0.05, 0) is 55.2 Å². The standard InChI is InChI=1S/C24H22Cl2O5/c1-2-14-3-6-16(7-4-14)30-22-13-29-21-12-17(8-10-19(21)23(22)27)31-24(28)18-9-5-15(25)11-20(18)26/h3-7,9,11,13,17,19,21H,2,8,10,12H2,1H3. The number of hydrogen-bond donors (Lipinski definition) is 0. The van der Waals surface area contributed by atoms with E-state index in [4.69, 9.17) is 37.4 Å². The molecule has 1 aliphatic heterocycles. The summed E-state index contributed by atoms with van der Waals surface area (Å²) in [6.07, 6.45) is 3.14. The molecule has 1 aliphatic carbocycles. The summed E-state index contributed by atoms with van der Waals surface area (Å²) >= 11 is 12.0. The molecule has 31 heavy (non-hydrogen) atoms. The number of halogens is 2. The van der Waals surface area contributed by atoms with Crippen molar-refractivity contribution in [2.75, 3.05) is 0 Å². The van der Waals surface area contributed by atoms with Crippen LogP contribution < -0.4 is 4.74 Å². The molecule has 2 aromatic rings. The average Bonchev–Trinajstić information content (AvgIpc) is 2.76. The molecular weight excluding hydrogens is 439 g/mol. The molecule has 1 fully saturated rings. The van der Waals surface area contributed by atoms with Crippen LogP contribution in [0.3, 0.4) is 0 Å². The highest BCUT2D eigenvalue weighted by Crippen LogP contribution is 2.35. The Kier molecular flexibility index (Phi) is 6.54. The lowest BCUT2D eigenvalue weighted by molar-refractivity contribution is -0.132. The third-order valence-electron chi connectivity index (χ3n) is 5.66. The Bertz CT molecular complexity index is 1020. The fourth-order valence-corrected chi connectivity index (χ4v) is 4.39. The number of rotatable bonds is 5. The molecule has 1 heterocycles. The third kappa shape index (κ3) is 4.89. The van der Waals surface area contributed by atoms with Crippen LogP contribution in [0.5, 0.6) is 5.75 Å². The number of aryl methyl sites for hydroxylation is 1. The number of Topliss-reactive ketones (excluding diaryl/α,β-unsaturated/α-hetero) is 1. The van der Waals surface area contributed by atoms with E-state index in [1.807, 2.05) is 24.3 Å². The summed E-state index contributed by atoms with van der Waals surface area (Å²) in [6, 6.07) is 12.3. The number of carbonyl (C=O) groups is 2. The predicted octanol–water partition coefficient (Wildman–Crippen LogP) is 5.77. The van der Waals surface area contributed by atoms with Crippen LogP contribution in [0.2, 0.25) is 10.0 Å². The van der Waals surface area contributed by atoms with Crippen LogP contribution in [0.25, 0.3) is 0 Å². The Morgan fingerprint density at radius 3 is 2.61 bits per heavy atom. The van der Waals surface area contributed by atoms with Crippen LogP contribution in [0.15, 0.2) is 54.5 Å². The van der Waals surface area contributed by atoms with Crippen molar-refractivity contribution in [1.82, 2.24) is 0 Å². The normalized spacial score (nSPS) is 22.7. The Balaban J connectivity index is 1.38. The Morgan fingerprint density at radius 2 is 1.90 bits per heavy atom. The molecule has 0 saturated heterocycles. The number of carbonyl (C=O) groups excluding carboxylic acids is 2. The van der Waals surface area contributed by atoms with Crippen molar-refractivity contribution < 1.29 is 23.8 Å². The fourth-order valence-electron chi connectivity index (χ4n) is 3.90. The monoisotopic (exact) mass is 460 g/mol. The lowest BCUT2D eigenvalue weighted by Gasteiger charge is -2.36. The maximum atomic E-state index is 12.9. The Morgan fingerprint density at radius 1 is 1.13 bits per heavy atom. The topological polar surface area (TPSA) is 61.8 Å². The second-order valence-electron chi connectivity index (χ2n) is 7.69. The minimum atomic E-state index is -0.512. The molecule has 2 aliphatic rings. The molecule has 5 nitrogen and oxygen atoms in total. The highest BCUT2D eigenvalue weighted by Gasteiger charge is 2.42. The molecular formula is C24H22Cl2O5. The number of ether oxygens (including phenoxy) is 3. The minimum absolute atomic E-state index is 0.0821. The van der Waals surface area contributed by atoms with Gasteiger partial charge in [0.05, 0.1) is 16.5 Å². The SMILES string of the molecule is CCc1ccc(OC2=COC3CC(OC(=O)c4ccc(Cl)cc4Cl)CCC3C2=O)cc1. The summed E-state index contributed by atoms with van der Waals surface area (Å²) in [6.45, 7) is 2.08. The molecule has 0 amide bonds. The smallest absolute Gasteiger partial charge is 0.339 e. The second-order valence-corrected chi connectivity index (χ2v) is 8.54. The molecule has 2 aromatic carbocycles. The fraction of sp³-hybridized carbons (Fsp3) is 0.333. The van der Waals surface area contributed by atoms with Crippen LogP contribution >= 0.6 is 23.2 Å². The molecule has 3 atom stereocenters. The van der Waals surface area contributed by atoms with E-state index in [2.05, 4.69) is 6.92 Å². The van der Waals surface area contributed by atoms with Crippen LogP contribution in [0, 0.1) is 5.92 Å². The molecule has 4 rings (SSSR count). The van der Waals surface area contributed by atoms with Gasteiger partial charge in [-0.15, -0.1) is 0 Å². The highest BCUT2D eigenvalue weighted by molar-refractivity contribution is 6.36. The molecule has 162 valence electrons. The third-order valence-corrected chi connectivity index (χ3v) is 6.21. The maximum Gasteiger partial charge on any atom is 0.339 e. The first-order valence-electron chi connectivity index (χ1n) is 10.3. The van der Waals surface area contributed by atoms with E-state index in [-0.39, 0.29) is 40.3 Å². The van der Waals surface area contributed by atoms with Gasteiger partial charge in [-0.25, -0.2) is 4.79 Å². The molecule has 0 N–H and O–H groups in total. The molecule has 1 saturated carbocycles. The number of fused-ring (bicyclic) bond motifs is 1. The van der Waals surface area contributed by atoms with E-state index < -0.39 is 5.97 Å². The summed E-state index contributed by atoms with van der Waals surface area (Å²) in [5, 5.41) is 0.689. The van der Waals surface area contributed by atoms with Crippen molar-refractivity contribution in [3.8, 4) is 5.75 Å². The zero-order valence-electron chi connectivity index (χ0n) is 17.0. The number of allylic oxidation sites excluding steroid dienone is 1. The molecule has 0 spiro atoms. The number of benzene rings is 2. The minimum Gasteiger partial charge on any atom is -0.493 e. The average molecular weight is 461 g/mol. The van der Waals surface area contributed by atoms with E-state index in [1.54, 1.807) is 12.1 Å². The van der Waals surface area contributed by atoms with Gasteiger partial charge in [0.25, 0.3) is 0 Å². The molecule has 3 unspecified atom stereocenters. The van der Waals surface area contributed by atoms with Crippen LogP contribution in [0.1, 0.15) is 42.1 Å². The summed E-state index contributed by atoms with van der Waals surface area (Å²) < 4.78 is 17.2. The summed E-state index contributed by atoms with van der Waals surface area (Å²) in [4.78, 5) is 25.4. The quantitative estimate of drug-likeness (QED) is 0.529. The molecule has 0 radical (unpaired) electrons. The predicted molar refractivity (Wildman–Crippen MR) is 117 cm³/mol. The second kappa shape index (κ2) is 9.33. The number of esters is 1. The zero-order chi connectivity index (χ0) is 22.0. The first kappa shape index (κ1) is 21.7. The summed E-state index contributed by atoms with van der Waals surface area (Å²) in [5.74, 6) is -0.108. The van der Waals surface area contributed by atoms with Gasteiger partial charge in [0.1, 0.15) is 24.2 Å². The molecule has 0 aromatic heterocycles. The van der Waals surface area contributed by atoms with Crippen molar-refractivity contribution in [2.45, 2.75) is 44.8 Å². The zero-order valence-corrected chi connectivity index (χ0v) is 18.5. The Labute approximate surface area is 190 Å². The van der Waals surface area contributed by atoms with Crippen molar-refractivity contribution in [3.63, 3.8) is 0 Å². The lowest BCUT2D eigenvalue weighted by atomic mass is 9.80. The van der Waals surface area contributed by atoms with Crippen molar-refractivity contribution in [2.24, 2.45) is 5.92 Å². The van der Waals surface area contributed by atoms with E-state index in [9.17, 15) is 9.59 Å². The number of hydrogen-bond acceptors (Lipinski definition) is 5.